The van der Waals surface area contributed by atoms with Crippen LogP contribution in [0.2, 0.25) is 0 Å². The van der Waals surface area contributed by atoms with Crippen molar-refractivity contribution in [1.29, 1.82) is 0 Å². The van der Waals surface area contributed by atoms with Crippen molar-refractivity contribution in [2.24, 2.45) is 5.92 Å². The molecule has 0 heterocycles. The first-order valence-electron chi connectivity index (χ1n) is 4.71. The smallest absolute Gasteiger partial charge is 0.456 e. The van der Waals surface area contributed by atoms with Crippen LogP contribution in [0.1, 0.15) is 32.6 Å². The third kappa shape index (κ3) is 2.90. The second kappa shape index (κ2) is 4.21. The van der Waals surface area contributed by atoms with Crippen molar-refractivity contribution in [3.63, 3.8) is 0 Å². The predicted octanol–water partition coefficient (Wildman–Crippen LogP) is 2.26. The Bertz CT molecular complexity index is 210. The third-order valence-corrected chi connectivity index (χ3v) is 2.53. The Balaban J connectivity index is 2.41. The number of alkyl halides is 2. The van der Waals surface area contributed by atoms with Gasteiger partial charge in [-0.15, -0.1) is 0 Å². The van der Waals surface area contributed by atoms with Gasteiger partial charge in [0.05, 0.1) is 6.10 Å². The highest BCUT2D eigenvalue weighted by Gasteiger charge is 2.43. The van der Waals surface area contributed by atoms with E-state index < -0.39 is 18.2 Å². The van der Waals surface area contributed by atoms with Gasteiger partial charge < -0.3 is 9.84 Å². The number of hydrogen-bond acceptors (Lipinski definition) is 2. The van der Waals surface area contributed by atoms with Crippen molar-refractivity contribution in [2.45, 2.75) is 44.8 Å². The Hall–Kier alpha value is -0.710. The van der Waals surface area contributed by atoms with Crippen LogP contribution in [-0.4, -0.2) is 23.3 Å². The Labute approximate surface area is 81.1 Å². The lowest BCUT2D eigenvalue weighted by molar-refractivity contribution is -0.266. The molecule has 5 heteroatoms. The monoisotopic (exact) mass is 208 g/mol. The van der Waals surface area contributed by atoms with E-state index in [1.165, 1.54) is 0 Å². The van der Waals surface area contributed by atoms with Crippen molar-refractivity contribution in [3.8, 4) is 0 Å². The summed E-state index contributed by atoms with van der Waals surface area (Å²) in [6, 6.07) is 0. The summed E-state index contributed by atoms with van der Waals surface area (Å²) in [6.45, 7) is 2.05. The number of rotatable bonds is 3. The number of carboxylic acids is 1. The molecule has 1 fully saturated rings. The van der Waals surface area contributed by atoms with Gasteiger partial charge in [0.1, 0.15) is 0 Å². The fourth-order valence-electron chi connectivity index (χ4n) is 1.61. The molecule has 0 aliphatic heterocycles. The lowest BCUT2D eigenvalue weighted by Crippen LogP contribution is -2.37. The van der Waals surface area contributed by atoms with Crippen molar-refractivity contribution >= 4 is 5.97 Å². The van der Waals surface area contributed by atoms with Crippen molar-refractivity contribution in [1.82, 2.24) is 0 Å². The van der Waals surface area contributed by atoms with Crippen molar-refractivity contribution < 1.29 is 23.4 Å². The van der Waals surface area contributed by atoms with Gasteiger partial charge in [-0.05, 0) is 31.6 Å². The van der Waals surface area contributed by atoms with Gasteiger partial charge in [-0.1, -0.05) is 6.92 Å². The van der Waals surface area contributed by atoms with Crippen LogP contribution in [0, 0.1) is 5.92 Å². The van der Waals surface area contributed by atoms with E-state index in [9.17, 15) is 13.6 Å². The molecule has 1 N–H and O–H groups in total. The molecule has 0 atom stereocenters. The maximum atomic E-state index is 12.6. The van der Waals surface area contributed by atoms with Gasteiger partial charge in [0.25, 0.3) is 0 Å². The van der Waals surface area contributed by atoms with E-state index in [0.29, 0.717) is 18.8 Å². The van der Waals surface area contributed by atoms with Gasteiger partial charge in [0.2, 0.25) is 0 Å². The fourth-order valence-corrected chi connectivity index (χ4v) is 1.61. The van der Waals surface area contributed by atoms with Crippen molar-refractivity contribution in [2.75, 3.05) is 0 Å². The molecule has 14 heavy (non-hydrogen) atoms. The number of aliphatic carboxylic acids is 1. The van der Waals surface area contributed by atoms with Crippen LogP contribution in [-0.2, 0) is 9.53 Å². The highest BCUT2D eigenvalue weighted by Crippen LogP contribution is 2.29. The van der Waals surface area contributed by atoms with E-state index in [4.69, 9.17) is 5.11 Å². The lowest BCUT2D eigenvalue weighted by atomic mass is 9.89. The molecule has 0 aromatic heterocycles. The first-order valence-corrected chi connectivity index (χ1v) is 4.71. The van der Waals surface area contributed by atoms with E-state index >= 15 is 0 Å². The molecule has 3 nitrogen and oxygen atoms in total. The number of ether oxygens (including phenoxy) is 1. The summed E-state index contributed by atoms with van der Waals surface area (Å²) >= 11 is 0. The Kier molecular flexibility index (Phi) is 3.42. The van der Waals surface area contributed by atoms with Gasteiger partial charge in [0, 0.05) is 0 Å². The van der Waals surface area contributed by atoms with Gasteiger partial charge in [-0.3, -0.25) is 0 Å². The molecular weight excluding hydrogens is 194 g/mol. The molecule has 0 aromatic carbocycles. The fraction of sp³-hybridized carbons (Fsp3) is 0.889. The van der Waals surface area contributed by atoms with E-state index in [2.05, 4.69) is 4.74 Å². The summed E-state index contributed by atoms with van der Waals surface area (Å²) < 4.78 is 29.5. The minimum atomic E-state index is -4.04. The number of carbonyl (C=O) groups is 1. The molecule has 0 bridgehead atoms. The minimum Gasteiger partial charge on any atom is -0.475 e. The number of halogens is 2. The van der Waals surface area contributed by atoms with Crippen LogP contribution in [0.15, 0.2) is 0 Å². The van der Waals surface area contributed by atoms with Crippen LogP contribution in [0.5, 0.6) is 0 Å². The minimum absolute atomic E-state index is 0.518. The van der Waals surface area contributed by atoms with E-state index in [0.717, 1.165) is 12.8 Å². The van der Waals surface area contributed by atoms with E-state index in [-0.39, 0.29) is 0 Å². The van der Waals surface area contributed by atoms with Crippen LogP contribution < -0.4 is 0 Å². The zero-order valence-electron chi connectivity index (χ0n) is 8.00. The maximum absolute atomic E-state index is 12.6. The molecular formula is C9H14F2O3. The lowest BCUT2D eigenvalue weighted by Gasteiger charge is -2.28. The molecule has 0 radical (unpaired) electrons. The average molecular weight is 208 g/mol. The zero-order valence-corrected chi connectivity index (χ0v) is 8.00. The van der Waals surface area contributed by atoms with Gasteiger partial charge in [-0.25, -0.2) is 4.79 Å². The Morgan fingerprint density at radius 2 is 1.86 bits per heavy atom. The predicted molar refractivity (Wildman–Crippen MR) is 45.1 cm³/mol. The zero-order chi connectivity index (χ0) is 10.8. The second-order valence-corrected chi connectivity index (χ2v) is 3.82. The molecule has 0 spiro atoms. The molecule has 0 aromatic rings. The van der Waals surface area contributed by atoms with Crippen LogP contribution in [0.4, 0.5) is 8.78 Å². The SMILES string of the molecule is CC1CCC(OC(F)(F)C(=O)O)CC1. The Morgan fingerprint density at radius 3 is 2.29 bits per heavy atom. The van der Waals surface area contributed by atoms with E-state index in [1.54, 1.807) is 0 Å². The summed E-state index contributed by atoms with van der Waals surface area (Å²) in [5.74, 6) is -1.69. The first-order chi connectivity index (χ1) is 6.42. The normalized spacial score (nSPS) is 28.8. The molecule has 1 aliphatic carbocycles. The number of carboxylic acid groups (broad SMARTS) is 1. The quantitative estimate of drug-likeness (QED) is 0.773. The summed E-state index contributed by atoms with van der Waals surface area (Å²) in [5, 5.41) is 8.15. The standard InChI is InChI=1S/C9H14F2O3/c1-6-2-4-7(5-3-6)14-9(10,11)8(12)13/h6-7H,2-5H2,1H3,(H,12,13). The van der Waals surface area contributed by atoms with Gasteiger partial charge in [0.15, 0.2) is 0 Å². The van der Waals surface area contributed by atoms with Gasteiger partial charge in [-0.2, -0.15) is 8.78 Å². The summed E-state index contributed by atoms with van der Waals surface area (Å²) in [5.41, 5.74) is 0. The van der Waals surface area contributed by atoms with Crippen LogP contribution >= 0.6 is 0 Å². The Morgan fingerprint density at radius 1 is 1.36 bits per heavy atom. The van der Waals surface area contributed by atoms with Crippen molar-refractivity contribution in [3.05, 3.63) is 0 Å². The van der Waals surface area contributed by atoms with E-state index in [1.807, 2.05) is 6.92 Å². The topological polar surface area (TPSA) is 46.5 Å². The van der Waals surface area contributed by atoms with Gasteiger partial charge >= 0.3 is 12.1 Å². The van der Waals surface area contributed by atoms with Crippen LogP contribution in [0.25, 0.3) is 0 Å². The molecule has 0 amide bonds. The third-order valence-electron chi connectivity index (χ3n) is 2.53. The second-order valence-electron chi connectivity index (χ2n) is 3.82. The van der Waals surface area contributed by atoms with Crippen LogP contribution in [0.3, 0.4) is 0 Å². The first kappa shape index (κ1) is 11.4. The molecule has 0 saturated heterocycles. The highest BCUT2D eigenvalue weighted by molar-refractivity contribution is 5.73. The molecule has 0 unspecified atom stereocenters. The average Bonchev–Trinajstić information content (AvgIpc) is 2.08. The molecule has 1 aliphatic rings. The molecule has 82 valence electrons. The molecule has 1 saturated carbocycles. The molecule has 1 rings (SSSR count). The largest absolute Gasteiger partial charge is 0.475 e. The summed E-state index contributed by atoms with van der Waals surface area (Å²) in [6.07, 6.45) is -1.97. The number of hydrogen-bond donors (Lipinski definition) is 1. The highest BCUT2D eigenvalue weighted by atomic mass is 19.3. The summed E-state index contributed by atoms with van der Waals surface area (Å²) in [4.78, 5) is 10.1. The summed E-state index contributed by atoms with van der Waals surface area (Å²) in [7, 11) is 0. The maximum Gasteiger partial charge on any atom is 0.456 e.